The van der Waals surface area contributed by atoms with Crippen LogP contribution in [-0.4, -0.2) is 47.9 Å². The van der Waals surface area contributed by atoms with E-state index in [0.29, 0.717) is 12.5 Å². The largest absolute Gasteiger partial charge is 0.348 e. The highest BCUT2D eigenvalue weighted by Gasteiger charge is 2.32. The molecular formula is C19H29N3O2S. The van der Waals surface area contributed by atoms with Crippen molar-refractivity contribution in [3.05, 3.63) is 22.4 Å². The fourth-order valence-corrected chi connectivity index (χ4v) is 4.73. The number of piperidine rings is 1. The summed E-state index contributed by atoms with van der Waals surface area (Å²) < 4.78 is 0. The van der Waals surface area contributed by atoms with Crippen molar-refractivity contribution in [2.45, 2.75) is 45.6 Å². The van der Waals surface area contributed by atoms with Crippen LogP contribution >= 0.6 is 11.3 Å². The molecule has 3 rings (SSSR count). The maximum Gasteiger partial charge on any atom is 0.320 e. The fraction of sp³-hybridized carbons (Fsp3) is 0.684. The average molecular weight is 364 g/mol. The Morgan fingerprint density at radius 3 is 2.52 bits per heavy atom. The molecule has 3 heterocycles. The molecule has 2 unspecified atom stereocenters. The maximum atomic E-state index is 12.8. The third-order valence-corrected chi connectivity index (χ3v) is 6.21. The number of nitrogens with one attached hydrogen (secondary N) is 1. The number of rotatable bonds is 4. The van der Waals surface area contributed by atoms with Crippen LogP contribution in [0.25, 0.3) is 0 Å². The van der Waals surface area contributed by atoms with E-state index < -0.39 is 0 Å². The predicted octanol–water partition coefficient (Wildman–Crippen LogP) is 3.49. The Balaban J connectivity index is 1.60. The minimum atomic E-state index is -0.0958. The summed E-state index contributed by atoms with van der Waals surface area (Å²) in [5.41, 5.74) is 0. The van der Waals surface area contributed by atoms with Crippen LogP contribution in [0.5, 0.6) is 0 Å². The van der Waals surface area contributed by atoms with E-state index in [1.54, 1.807) is 11.3 Å². The molecule has 1 aromatic rings. The second kappa shape index (κ2) is 8.21. The Labute approximate surface area is 154 Å². The monoisotopic (exact) mass is 363 g/mol. The number of urea groups is 1. The Kier molecular flexibility index (Phi) is 5.99. The van der Waals surface area contributed by atoms with Gasteiger partial charge < -0.3 is 15.1 Å². The topological polar surface area (TPSA) is 52.7 Å². The van der Waals surface area contributed by atoms with Crippen LogP contribution < -0.4 is 5.32 Å². The van der Waals surface area contributed by atoms with E-state index >= 15 is 0 Å². The van der Waals surface area contributed by atoms with E-state index in [-0.39, 0.29) is 23.9 Å². The van der Waals surface area contributed by atoms with Gasteiger partial charge in [-0.15, -0.1) is 11.3 Å². The molecule has 5 nitrogen and oxygen atoms in total. The number of nitrogens with zero attached hydrogens (tertiary/aromatic N) is 2. The molecule has 0 aromatic carbocycles. The van der Waals surface area contributed by atoms with Gasteiger partial charge in [0.15, 0.2) is 0 Å². The van der Waals surface area contributed by atoms with Gasteiger partial charge in [0.2, 0.25) is 5.91 Å². The second-order valence-electron chi connectivity index (χ2n) is 7.51. The molecule has 3 amide bonds. The fourth-order valence-electron chi connectivity index (χ4n) is 3.78. The quantitative estimate of drug-likeness (QED) is 0.890. The molecular weight excluding hydrogens is 334 g/mol. The van der Waals surface area contributed by atoms with Crippen molar-refractivity contribution >= 4 is 23.3 Å². The number of hydrogen-bond acceptors (Lipinski definition) is 3. The smallest absolute Gasteiger partial charge is 0.320 e. The van der Waals surface area contributed by atoms with Crippen molar-refractivity contribution in [3.63, 3.8) is 0 Å². The maximum absolute atomic E-state index is 12.8. The average Bonchev–Trinajstić information content (AvgIpc) is 3.32. The molecule has 6 heteroatoms. The summed E-state index contributed by atoms with van der Waals surface area (Å²) in [4.78, 5) is 30.5. The highest BCUT2D eigenvalue weighted by atomic mass is 32.1. The van der Waals surface area contributed by atoms with Crippen molar-refractivity contribution in [1.82, 2.24) is 15.1 Å². The summed E-state index contributed by atoms with van der Waals surface area (Å²) in [6, 6.07) is 4.28. The predicted molar refractivity (Wildman–Crippen MR) is 101 cm³/mol. The Bertz CT molecular complexity index is 581. The minimum Gasteiger partial charge on any atom is -0.348 e. The molecule has 0 bridgehead atoms. The van der Waals surface area contributed by atoms with Crippen molar-refractivity contribution in [3.8, 4) is 0 Å². The van der Waals surface area contributed by atoms with E-state index in [4.69, 9.17) is 0 Å². The standard InChI is InChI=1S/C19H29N3O2S/c1-14(2)17(16-8-6-12-25-16)20-18(23)15-7-5-11-22(13-15)19(24)21-9-3-4-10-21/h6,8,12,14-15,17H,3-5,7,9-11,13H2,1-2H3,(H,20,23). The normalized spacial score (nSPS) is 22.3. The lowest BCUT2D eigenvalue weighted by atomic mass is 9.95. The Morgan fingerprint density at radius 1 is 1.16 bits per heavy atom. The molecule has 2 aliphatic rings. The second-order valence-corrected chi connectivity index (χ2v) is 8.49. The van der Waals surface area contributed by atoms with Crippen molar-refractivity contribution in [2.75, 3.05) is 26.2 Å². The van der Waals surface area contributed by atoms with Gasteiger partial charge in [0.1, 0.15) is 0 Å². The highest BCUT2D eigenvalue weighted by molar-refractivity contribution is 7.10. The van der Waals surface area contributed by atoms with Crippen LogP contribution in [0, 0.1) is 11.8 Å². The molecule has 0 radical (unpaired) electrons. The molecule has 2 fully saturated rings. The Hall–Kier alpha value is -1.56. The number of likely N-dealkylation sites (tertiary alicyclic amines) is 2. The summed E-state index contributed by atoms with van der Waals surface area (Å²) in [7, 11) is 0. The number of carbonyl (C=O) groups excluding carboxylic acids is 2. The molecule has 1 aromatic heterocycles. The van der Waals surface area contributed by atoms with Crippen molar-refractivity contribution < 1.29 is 9.59 Å². The lowest BCUT2D eigenvalue weighted by molar-refractivity contribution is -0.127. The summed E-state index contributed by atoms with van der Waals surface area (Å²) in [6.45, 7) is 7.32. The molecule has 25 heavy (non-hydrogen) atoms. The SMILES string of the molecule is CC(C)C(NC(=O)C1CCCN(C(=O)N2CCCC2)C1)c1cccs1. The van der Waals surface area contributed by atoms with Gasteiger partial charge in [-0.1, -0.05) is 19.9 Å². The molecule has 138 valence electrons. The van der Waals surface area contributed by atoms with E-state index in [2.05, 4.69) is 25.2 Å². The van der Waals surface area contributed by atoms with Gasteiger partial charge in [0.05, 0.1) is 12.0 Å². The molecule has 2 saturated heterocycles. The molecule has 0 aliphatic carbocycles. The van der Waals surface area contributed by atoms with E-state index in [0.717, 1.165) is 45.3 Å². The van der Waals surface area contributed by atoms with Gasteiger partial charge >= 0.3 is 6.03 Å². The van der Waals surface area contributed by atoms with Gasteiger partial charge in [-0.3, -0.25) is 4.79 Å². The first-order chi connectivity index (χ1) is 12.1. The summed E-state index contributed by atoms with van der Waals surface area (Å²) in [5.74, 6) is 0.334. The molecule has 1 N–H and O–H groups in total. The zero-order valence-corrected chi connectivity index (χ0v) is 16.1. The number of hydrogen-bond donors (Lipinski definition) is 1. The van der Waals surface area contributed by atoms with Crippen molar-refractivity contribution in [2.24, 2.45) is 11.8 Å². The number of amides is 3. The van der Waals surface area contributed by atoms with Crippen LogP contribution in [0.3, 0.4) is 0 Å². The lowest BCUT2D eigenvalue weighted by Crippen LogP contribution is -2.50. The molecule has 0 saturated carbocycles. The van der Waals surface area contributed by atoms with Crippen LogP contribution in [0.1, 0.15) is 50.4 Å². The first kappa shape index (κ1) is 18.2. The molecule has 0 spiro atoms. The van der Waals surface area contributed by atoms with Crippen LogP contribution in [-0.2, 0) is 4.79 Å². The number of carbonyl (C=O) groups is 2. The van der Waals surface area contributed by atoms with Crippen molar-refractivity contribution in [1.29, 1.82) is 0 Å². The zero-order chi connectivity index (χ0) is 17.8. The van der Waals surface area contributed by atoms with E-state index in [1.807, 2.05) is 21.2 Å². The van der Waals surface area contributed by atoms with Gasteiger partial charge in [-0.05, 0) is 43.0 Å². The van der Waals surface area contributed by atoms with E-state index in [1.165, 1.54) is 4.88 Å². The summed E-state index contributed by atoms with van der Waals surface area (Å²) in [5, 5.41) is 5.29. The molecule has 2 atom stereocenters. The zero-order valence-electron chi connectivity index (χ0n) is 15.2. The van der Waals surface area contributed by atoms with Gasteiger partial charge in [0, 0.05) is 31.1 Å². The summed E-state index contributed by atoms with van der Waals surface area (Å²) >= 11 is 1.68. The van der Waals surface area contributed by atoms with Gasteiger partial charge in [0.25, 0.3) is 0 Å². The first-order valence-electron chi connectivity index (χ1n) is 9.44. The minimum absolute atomic E-state index is 0.0529. The van der Waals surface area contributed by atoms with Crippen LogP contribution in [0.15, 0.2) is 17.5 Å². The molecule has 2 aliphatic heterocycles. The van der Waals surface area contributed by atoms with Crippen LogP contribution in [0.2, 0.25) is 0 Å². The first-order valence-corrected chi connectivity index (χ1v) is 10.3. The highest BCUT2D eigenvalue weighted by Crippen LogP contribution is 2.27. The number of thiophene rings is 1. The Morgan fingerprint density at radius 2 is 1.88 bits per heavy atom. The van der Waals surface area contributed by atoms with Gasteiger partial charge in [-0.2, -0.15) is 0 Å². The van der Waals surface area contributed by atoms with Gasteiger partial charge in [-0.25, -0.2) is 4.79 Å². The lowest BCUT2D eigenvalue weighted by Gasteiger charge is -2.35. The third kappa shape index (κ3) is 4.35. The van der Waals surface area contributed by atoms with Crippen LogP contribution in [0.4, 0.5) is 4.79 Å². The van der Waals surface area contributed by atoms with E-state index in [9.17, 15) is 9.59 Å². The summed E-state index contributed by atoms with van der Waals surface area (Å²) in [6.07, 6.45) is 3.97. The third-order valence-electron chi connectivity index (χ3n) is 5.25.